The first-order valence-electron chi connectivity index (χ1n) is 9.53. The number of imidazole rings is 1. The number of morpholine rings is 1. The molecule has 1 aromatic carbocycles. The minimum absolute atomic E-state index is 0.0321. The van der Waals surface area contributed by atoms with Crippen molar-refractivity contribution in [1.29, 1.82) is 0 Å². The Kier molecular flexibility index (Phi) is 5.80. The lowest BCUT2D eigenvalue weighted by Crippen LogP contribution is -2.39. The second-order valence-electron chi connectivity index (χ2n) is 7.01. The van der Waals surface area contributed by atoms with Gasteiger partial charge in [-0.2, -0.15) is 4.98 Å². The Morgan fingerprint density at radius 2 is 2.03 bits per heavy atom. The van der Waals surface area contributed by atoms with Gasteiger partial charge in [0, 0.05) is 20.1 Å². The van der Waals surface area contributed by atoms with Crippen LogP contribution in [0.25, 0.3) is 11.2 Å². The van der Waals surface area contributed by atoms with Gasteiger partial charge in [0.25, 0.3) is 5.56 Å². The van der Waals surface area contributed by atoms with Crippen molar-refractivity contribution < 1.29 is 14.6 Å². The molecule has 2 aromatic heterocycles. The van der Waals surface area contributed by atoms with E-state index in [2.05, 4.69) is 9.97 Å². The molecule has 0 saturated carbocycles. The zero-order valence-corrected chi connectivity index (χ0v) is 17.1. The average molecular weight is 436 g/mol. The smallest absolute Gasteiger partial charge is 0.329 e. The highest BCUT2D eigenvalue weighted by molar-refractivity contribution is 6.32. The predicted molar refractivity (Wildman–Crippen MR) is 112 cm³/mol. The number of fused-ring (bicyclic) bond motifs is 1. The van der Waals surface area contributed by atoms with Crippen molar-refractivity contribution in [3.8, 4) is 5.75 Å². The first-order chi connectivity index (χ1) is 14.5. The van der Waals surface area contributed by atoms with Crippen LogP contribution in [0.2, 0.25) is 5.02 Å². The highest BCUT2D eigenvalue weighted by Crippen LogP contribution is 2.24. The quantitative estimate of drug-likeness (QED) is 0.574. The van der Waals surface area contributed by atoms with E-state index in [1.807, 2.05) is 4.90 Å². The minimum atomic E-state index is -0.949. The van der Waals surface area contributed by atoms with Crippen LogP contribution in [-0.4, -0.2) is 63.2 Å². The molecule has 1 fully saturated rings. The number of nitrogens with one attached hydrogen (secondary N) is 1. The molecule has 4 rings (SSSR count). The number of halogens is 1. The summed E-state index contributed by atoms with van der Waals surface area (Å²) in [6.45, 7) is 2.24. The molecule has 0 aliphatic carbocycles. The van der Waals surface area contributed by atoms with Gasteiger partial charge >= 0.3 is 5.69 Å². The minimum Gasteiger partial charge on any atom is -0.489 e. The van der Waals surface area contributed by atoms with E-state index >= 15 is 0 Å². The zero-order chi connectivity index (χ0) is 21.3. The van der Waals surface area contributed by atoms with E-state index in [4.69, 9.17) is 21.1 Å². The number of aromatic nitrogens is 4. The number of benzene rings is 1. The molecule has 2 N–H and O–H groups in total. The lowest BCUT2D eigenvalue weighted by atomic mass is 10.3. The van der Waals surface area contributed by atoms with E-state index in [1.165, 1.54) is 11.6 Å². The number of aliphatic hydroxyl groups excluding tert-OH is 1. The van der Waals surface area contributed by atoms with E-state index in [0.717, 1.165) is 0 Å². The van der Waals surface area contributed by atoms with Gasteiger partial charge in [-0.3, -0.25) is 14.3 Å². The van der Waals surface area contributed by atoms with Crippen molar-refractivity contribution in [2.45, 2.75) is 12.6 Å². The van der Waals surface area contributed by atoms with Gasteiger partial charge in [0.05, 0.1) is 24.8 Å². The summed E-state index contributed by atoms with van der Waals surface area (Å²) in [6, 6.07) is 6.98. The molecule has 1 saturated heterocycles. The van der Waals surface area contributed by atoms with Crippen molar-refractivity contribution in [3.63, 3.8) is 0 Å². The van der Waals surface area contributed by atoms with Crippen molar-refractivity contribution >= 4 is 28.7 Å². The maximum Gasteiger partial charge on any atom is 0.329 e. The number of anilines is 1. The number of ether oxygens (including phenoxy) is 2. The van der Waals surface area contributed by atoms with Crippen LogP contribution in [0, 0.1) is 0 Å². The summed E-state index contributed by atoms with van der Waals surface area (Å²) < 4.78 is 13.9. The molecule has 1 aliphatic heterocycles. The van der Waals surface area contributed by atoms with Crippen LogP contribution in [-0.2, 0) is 18.3 Å². The van der Waals surface area contributed by atoms with Crippen molar-refractivity contribution in [1.82, 2.24) is 19.1 Å². The molecular formula is C19H22ClN5O5. The Labute approximate surface area is 176 Å². The molecular weight excluding hydrogens is 414 g/mol. The Bertz CT molecular complexity index is 1160. The van der Waals surface area contributed by atoms with Crippen LogP contribution in [0.4, 0.5) is 5.95 Å². The van der Waals surface area contributed by atoms with Crippen molar-refractivity contribution in [2.24, 2.45) is 7.05 Å². The molecule has 0 bridgehead atoms. The molecule has 3 heterocycles. The third-order valence-electron chi connectivity index (χ3n) is 4.94. The largest absolute Gasteiger partial charge is 0.489 e. The molecule has 1 atom stereocenters. The average Bonchev–Trinajstić information content (AvgIpc) is 3.12. The van der Waals surface area contributed by atoms with E-state index in [0.29, 0.717) is 43.0 Å². The SMILES string of the molecule is Cn1c(=O)[nH]c(=O)c2c1nc(N1CCOCC1)n2CC(O)COc1ccccc1Cl. The van der Waals surface area contributed by atoms with Crippen LogP contribution in [0.3, 0.4) is 0 Å². The molecule has 0 amide bonds. The fourth-order valence-electron chi connectivity index (χ4n) is 3.41. The fraction of sp³-hybridized carbons (Fsp3) is 0.421. The summed E-state index contributed by atoms with van der Waals surface area (Å²) in [7, 11) is 1.54. The number of rotatable bonds is 6. The van der Waals surface area contributed by atoms with Gasteiger partial charge in [-0.1, -0.05) is 23.7 Å². The van der Waals surface area contributed by atoms with Crippen molar-refractivity contribution in [2.75, 3.05) is 37.8 Å². The van der Waals surface area contributed by atoms with Crippen LogP contribution in [0.5, 0.6) is 5.75 Å². The second-order valence-corrected chi connectivity index (χ2v) is 7.41. The first-order valence-corrected chi connectivity index (χ1v) is 9.91. The fourth-order valence-corrected chi connectivity index (χ4v) is 3.60. The highest BCUT2D eigenvalue weighted by Gasteiger charge is 2.24. The number of H-pyrrole nitrogens is 1. The van der Waals surface area contributed by atoms with E-state index in [1.54, 1.807) is 28.8 Å². The molecule has 160 valence electrons. The molecule has 0 spiro atoms. The lowest BCUT2D eigenvalue weighted by molar-refractivity contribution is 0.0928. The summed E-state index contributed by atoms with van der Waals surface area (Å²) in [6.07, 6.45) is -0.949. The maximum absolute atomic E-state index is 12.6. The Hall–Kier alpha value is -2.82. The topological polar surface area (TPSA) is 115 Å². The van der Waals surface area contributed by atoms with E-state index in [9.17, 15) is 14.7 Å². The summed E-state index contributed by atoms with van der Waals surface area (Å²) in [4.78, 5) is 33.4. The molecule has 0 radical (unpaired) electrons. The number of aromatic amines is 1. The third-order valence-corrected chi connectivity index (χ3v) is 5.25. The van der Waals surface area contributed by atoms with Gasteiger partial charge in [0.15, 0.2) is 11.2 Å². The normalized spacial score (nSPS) is 15.5. The van der Waals surface area contributed by atoms with Crippen molar-refractivity contribution in [3.05, 3.63) is 50.1 Å². The van der Waals surface area contributed by atoms with Gasteiger partial charge in [0.2, 0.25) is 5.95 Å². The van der Waals surface area contributed by atoms with E-state index in [-0.39, 0.29) is 24.3 Å². The van der Waals surface area contributed by atoms with Crippen LogP contribution in [0.1, 0.15) is 0 Å². The maximum atomic E-state index is 12.6. The molecule has 11 heteroatoms. The molecule has 1 aliphatic rings. The number of para-hydroxylation sites is 1. The number of nitrogens with zero attached hydrogens (tertiary/aromatic N) is 4. The molecule has 3 aromatic rings. The summed E-state index contributed by atoms with van der Waals surface area (Å²) in [5, 5.41) is 11.1. The Balaban J connectivity index is 1.67. The van der Waals surface area contributed by atoms with Crippen LogP contribution >= 0.6 is 11.6 Å². The highest BCUT2D eigenvalue weighted by atomic mass is 35.5. The predicted octanol–water partition coefficient (Wildman–Crippen LogP) is 0.353. The summed E-state index contributed by atoms with van der Waals surface area (Å²) in [5.41, 5.74) is -0.632. The summed E-state index contributed by atoms with van der Waals surface area (Å²) in [5.74, 6) is 0.958. The third kappa shape index (κ3) is 3.93. The zero-order valence-electron chi connectivity index (χ0n) is 16.4. The standard InChI is InChI=1S/C19H22ClN5O5/c1-23-16-15(17(27)22-19(23)28)25(18(21-16)24-6-8-29-9-7-24)10-12(26)11-30-14-5-3-2-4-13(14)20/h2-5,12,26H,6-11H2,1H3,(H,22,27,28). The van der Waals surface area contributed by atoms with Crippen LogP contribution < -0.4 is 20.9 Å². The van der Waals surface area contributed by atoms with Crippen LogP contribution in [0.15, 0.2) is 33.9 Å². The molecule has 30 heavy (non-hydrogen) atoms. The number of hydrogen-bond acceptors (Lipinski definition) is 7. The monoisotopic (exact) mass is 435 g/mol. The second kappa shape index (κ2) is 8.50. The first kappa shape index (κ1) is 20.5. The van der Waals surface area contributed by atoms with Gasteiger partial charge < -0.3 is 24.0 Å². The number of hydrogen-bond donors (Lipinski definition) is 2. The van der Waals surface area contributed by atoms with E-state index < -0.39 is 17.4 Å². The lowest BCUT2D eigenvalue weighted by Gasteiger charge is -2.28. The molecule has 1 unspecified atom stereocenters. The number of aliphatic hydroxyl groups is 1. The molecule has 10 nitrogen and oxygen atoms in total. The van der Waals surface area contributed by atoms with Gasteiger partial charge in [-0.25, -0.2) is 4.79 Å². The van der Waals surface area contributed by atoms with Gasteiger partial charge in [-0.05, 0) is 12.1 Å². The Morgan fingerprint density at radius 3 is 2.77 bits per heavy atom. The van der Waals surface area contributed by atoms with Gasteiger partial charge in [0.1, 0.15) is 18.5 Å². The summed E-state index contributed by atoms with van der Waals surface area (Å²) >= 11 is 6.09. The number of aryl methyl sites for hydroxylation is 1. The van der Waals surface area contributed by atoms with Gasteiger partial charge in [-0.15, -0.1) is 0 Å². The Morgan fingerprint density at radius 1 is 1.30 bits per heavy atom.